The molecule has 8 nitrogen and oxygen atoms in total. The van der Waals surface area contributed by atoms with Crippen LogP contribution in [0.2, 0.25) is 0 Å². The van der Waals surface area contributed by atoms with Crippen molar-refractivity contribution >= 4 is 23.2 Å². The zero-order chi connectivity index (χ0) is 23.0. The van der Waals surface area contributed by atoms with Crippen LogP contribution in [0.15, 0.2) is 24.3 Å². The first-order valence-electron chi connectivity index (χ1n) is 10.5. The average Bonchev–Trinajstić information content (AvgIpc) is 3.44. The molecule has 1 atom stereocenters. The van der Waals surface area contributed by atoms with Crippen LogP contribution in [-0.2, 0) is 11.8 Å². The minimum absolute atomic E-state index is 0.184. The molecule has 0 spiro atoms. The molecule has 9 heteroatoms. The highest BCUT2D eigenvalue weighted by atomic mass is 32.1. The monoisotopic (exact) mass is 453 g/mol. The Labute approximate surface area is 191 Å². The van der Waals surface area contributed by atoms with Gasteiger partial charge in [0.1, 0.15) is 11.9 Å². The average molecular weight is 454 g/mol. The summed E-state index contributed by atoms with van der Waals surface area (Å²) in [6.07, 6.45) is -0.545. The fourth-order valence-corrected chi connectivity index (χ4v) is 4.89. The Hall–Kier alpha value is -3.04. The maximum absolute atomic E-state index is 13.4. The van der Waals surface area contributed by atoms with Crippen LogP contribution in [0.1, 0.15) is 42.8 Å². The Kier molecular flexibility index (Phi) is 6.12. The van der Waals surface area contributed by atoms with Gasteiger partial charge in [-0.1, -0.05) is 29.8 Å². The molecule has 3 aromatic rings. The molecule has 0 radical (unpaired) electrons. The third kappa shape index (κ3) is 4.18. The molecule has 0 bridgehead atoms. The number of benzene rings is 1. The van der Waals surface area contributed by atoms with Crippen molar-refractivity contribution in [3.05, 3.63) is 57.5 Å². The van der Waals surface area contributed by atoms with Gasteiger partial charge >= 0.3 is 0 Å². The van der Waals surface area contributed by atoms with Crippen molar-refractivity contribution in [2.45, 2.75) is 33.9 Å². The van der Waals surface area contributed by atoms with E-state index in [0.29, 0.717) is 30.1 Å². The lowest BCUT2D eigenvalue weighted by Crippen LogP contribution is -2.44. The van der Waals surface area contributed by atoms with Crippen LogP contribution in [0.4, 0.5) is 0 Å². The van der Waals surface area contributed by atoms with Crippen molar-refractivity contribution in [1.82, 2.24) is 25.0 Å². The Morgan fingerprint density at radius 2 is 2.03 bits per heavy atom. The normalized spacial score (nSPS) is 15.9. The second-order valence-corrected chi connectivity index (χ2v) is 9.19. The second-order valence-electron chi connectivity index (χ2n) is 7.98. The van der Waals surface area contributed by atoms with Gasteiger partial charge in [0.05, 0.1) is 34.3 Å². The van der Waals surface area contributed by atoms with Gasteiger partial charge in [-0.15, -0.1) is 11.3 Å². The molecule has 1 aliphatic heterocycles. The van der Waals surface area contributed by atoms with Crippen LogP contribution in [-0.4, -0.2) is 57.4 Å². The summed E-state index contributed by atoms with van der Waals surface area (Å²) in [7, 11) is 1.81. The molecule has 1 unspecified atom stereocenters. The highest BCUT2D eigenvalue weighted by Crippen LogP contribution is 2.32. The second kappa shape index (κ2) is 8.84. The highest BCUT2D eigenvalue weighted by molar-refractivity contribution is 7.15. The van der Waals surface area contributed by atoms with E-state index in [1.165, 1.54) is 11.3 Å². The van der Waals surface area contributed by atoms with Gasteiger partial charge in [0, 0.05) is 19.3 Å². The number of nitrogens with zero attached hydrogens (tertiary/aromatic N) is 4. The molecule has 1 aliphatic rings. The number of aromatic nitrogens is 3. The molecule has 168 valence electrons. The molecule has 0 aliphatic carbocycles. The summed E-state index contributed by atoms with van der Waals surface area (Å²) >= 11 is 1.51. The number of thiazole rings is 1. The molecule has 1 aromatic carbocycles. The van der Waals surface area contributed by atoms with Gasteiger partial charge in [-0.25, -0.2) is 4.98 Å². The van der Waals surface area contributed by atoms with E-state index in [1.54, 1.807) is 23.6 Å². The number of rotatable bonds is 5. The van der Waals surface area contributed by atoms with Gasteiger partial charge < -0.3 is 15.0 Å². The molecular weight excluding hydrogens is 426 g/mol. The smallest absolute Gasteiger partial charge is 0.276 e. The van der Waals surface area contributed by atoms with Gasteiger partial charge in [0.25, 0.3) is 11.8 Å². The summed E-state index contributed by atoms with van der Waals surface area (Å²) in [6, 6.07) is 8.05. The number of hydrogen-bond acceptors (Lipinski definition) is 6. The zero-order valence-corrected chi connectivity index (χ0v) is 19.7. The van der Waals surface area contributed by atoms with Crippen molar-refractivity contribution in [3.8, 4) is 10.4 Å². The quantitative estimate of drug-likeness (QED) is 0.642. The predicted molar refractivity (Wildman–Crippen MR) is 123 cm³/mol. The SMILES string of the molecule is Cc1cccc(-c2sc(C)nc2C(=O)N2CCOC2CNC(=O)c2c(C)nn(C)c2C)c1. The van der Waals surface area contributed by atoms with Gasteiger partial charge in [-0.05, 0) is 33.3 Å². The van der Waals surface area contributed by atoms with E-state index in [-0.39, 0.29) is 18.4 Å². The van der Waals surface area contributed by atoms with E-state index < -0.39 is 6.23 Å². The number of carbonyl (C=O) groups excluding carboxylic acids is 2. The molecule has 4 rings (SSSR count). The van der Waals surface area contributed by atoms with E-state index >= 15 is 0 Å². The molecule has 2 aromatic heterocycles. The van der Waals surface area contributed by atoms with Crippen LogP contribution >= 0.6 is 11.3 Å². The minimum Gasteiger partial charge on any atom is -0.355 e. The molecule has 2 amide bonds. The van der Waals surface area contributed by atoms with Crippen molar-refractivity contribution in [2.75, 3.05) is 19.7 Å². The van der Waals surface area contributed by atoms with E-state index in [9.17, 15) is 9.59 Å². The topological polar surface area (TPSA) is 89.3 Å². The summed E-state index contributed by atoms with van der Waals surface area (Å²) < 4.78 is 7.46. The zero-order valence-electron chi connectivity index (χ0n) is 18.9. The molecule has 0 saturated carbocycles. The molecular formula is C23H27N5O3S. The summed E-state index contributed by atoms with van der Waals surface area (Å²) in [5.41, 5.74) is 4.55. The number of carbonyl (C=O) groups is 2. The summed E-state index contributed by atoms with van der Waals surface area (Å²) in [5, 5.41) is 8.03. The first kappa shape index (κ1) is 22.2. The number of nitrogens with one attached hydrogen (secondary N) is 1. The van der Waals surface area contributed by atoms with E-state index in [1.807, 2.05) is 39.0 Å². The van der Waals surface area contributed by atoms with E-state index in [2.05, 4.69) is 21.5 Å². The summed E-state index contributed by atoms with van der Waals surface area (Å²) in [4.78, 5) is 33.2. The molecule has 3 heterocycles. The van der Waals surface area contributed by atoms with Crippen LogP contribution < -0.4 is 5.32 Å². The lowest BCUT2D eigenvalue weighted by molar-refractivity contribution is 0.0276. The van der Waals surface area contributed by atoms with Crippen LogP contribution in [0.3, 0.4) is 0 Å². The van der Waals surface area contributed by atoms with Crippen LogP contribution in [0.5, 0.6) is 0 Å². The van der Waals surface area contributed by atoms with Gasteiger partial charge in [0.2, 0.25) is 0 Å². The van der Waals surface area contributed by atoms with Crippen LogP contribution in [0, 0.1) is 27.7 Å². The van der Waals surface area contributed by atoms with Gasteiger partial charge in [-0.3, -0.25) is 14.3 Å². The fraction of sp³-hybridized carbons (Fsp3) is 0.391. The fourth-order valence-electron chi connectivity index (χ4n) is 3.98. The Balaban J connectivity index is 1.52. The third-order valence-corrected chi connectivity index (χ3v) is 6.66. The van der Waals surface area contributed by atoms with Crippen molar-refractivity contribution in [3.63, 3.8) is 0 Å². The Bertz CT molecular complexity index is 1180. The number of aryl methyl sites for hydroxylation is 4. The first-order valence-corrected chi connectivity index (χ1v) is 11.3. The molecule has 1 N–H and O–H groups in total. The lowest BCUT2D eigenvalue weighted by atomic mass is 10.1. The maximum atomic E-state index is 13.4. The molecule has 32 heavy (non-hydrogen) atoms. The summed E-state index contributed by atoms with van der Waals surface area (Å²) in [6.45, 7) is 8.65. The van der Waals surface area contributed by atoms with Gasteiger partial charge in [0.15, 0.2) is 0 Å². The van der Waals surface area contributed by atoms with E-state index in [0.717, 1.165) is 26.7 Å². The number of amides is 2. The summed E-state index contributed by atoms with van der Waals surface area (Å²) in [5.74, 6) is -0.405. The van der Waals surface area contributed by atoms with Crippen molar-refractivity contribution < 1.29 is 14.3 Å². The third-order valence-electron chi connectivity index (χ3n) is 5.64. The molecule has 1 fully saturated rings. The number of hydrogen-bond donors (Lipinski definition) is 1. The Morgan fingerprint density at radius 3 is 2.72 bits per heavy atom. The molecule has 1 saturated heterocycles. The largest absolute Gasteiger partial charge is 0.355 e. The van der Waals surface area contributed by atoms with Crippen LogP contribution in [0.25, 0.3) is 10.4 Å². The predicted octanol–water partition coefficient (Wildman–Crippen LogP) is 3.01. The Morgan fingerprint density at radius 1 is 1.25 bits per heavy atom. The first-order chi connectivity index (χ1) is 15.3. The standard InChI is InChI=1S/C23H27N5O3S/c1-13-7-6-8-17(11-13)21-20(25-16(4)32-21)23(30)28-9-10-31-18(28)12-24-22(29)19-14(2)26-27(5)15(19)3/h6-8,11,18H,9-10,12H2,1-5H3,(H,24,29). The van der Waals surface area contributed by atoms with Gasteiger partial charge in [-0.2, -0.15) is 5.10 Å². The maximum Gasteiger partial charge on any atom is 0.276 e. The highest BCUT2D eigenvalue weighted by Gasteiger charge is 2.34. The number of ether oxygens (including phenoxy) is 1. The lowest BCUT2D eigenvalue weighted by Gasteiger charge is -2.23. The van der Waals surface area contributed by atoms with Crippen molar-refractivity contribution in [2.24, 2.45) is 7.05 Å². The van der Waals surface area contributed by atoms with E-state index in [4.69, 9.17) is 4.74 Å². The minimum atomic E-state index is -0.545. The van der Waals surface area contributed by atoms with Crippen molar-refractivity contribution in [1.29, 1.82) is 0 Å².